The number of hydrogen-bond donors (Lipinski definition) is 1. The molecule has 0 aliphatic carbocycles. The Labute approximate surface area is 321 Å². The summed E-state index contributed by atoms with van der Waals surface area (Å²) < 4.78 is 2.35. The number of carbonyl (C=O) groups excluding carboxylic acids is 1. The molecule has 0 unspecified atom stereocenters. The van der Waals surface area contributed by atoms with Crippen molar-refractivity contribution in [3.05, 3.63) is 102 Å². The minimum atomic E-state index is 0. The van der Waals surface area contributed by atoms with Crippen molar-refractivity contribution in [3.8, 4) is 22.4 Å². The maximum absolute atomic E-state index is 11.7. The number of nitrogens with zero attached hydrogens (tertiary/aromatic N) is 3. The Morgan fingerprint density at radius 2 is 1.51 bits per heavy atom. The normalized spacial score (nSPS) is 12.0. The molecule has 3 aromatic carbocycles. The van der Waals surface area contributed by atoms with E-state index in [0.717, 1.165) is 69.5 Å². The van der Waals surface area contributed by atoms with Gasteiger partial charge in [0, 0.05) is 69.9 Å². The van der Waals surface area contributed by atoms with E-state index >= 15 is 0 Å². The van der Waals surface area contributed by atoms with Gasteiger partial charge in [0.05, 0.1) is 11.3 Å². The second-order valence-corrected chi connectivity index (χ2v) is 15.3. The van der Waals surface area contributed by atoms with E-state index in [1.54, 1.807) is 17.7 Å². The molecule has 3 aromatic heterocycles. The molecular weight excluding hydrogens is 827 g/mol. The van der Waals surface area contributed by atoms with Crippen LogP contribution in [0.15, 0.2) is 78.8 Å². The number of aliphatic hydroxyl groups excluding tert-OH is 1. The summed E-state index contributed by atoms with van der Waals surface area (Å²) in [5.74, 6) is 0.547. The minimum Gasteiger partial charge on any atom is -0.512 e. The van der Waals surface area contributed by atoms with Crippen molar-refractivity contribution in [2.45, 2.75) is 93.4 Å². The molecule has 0 aliphatic rings. The molecule has 269 valence electrons. The fourth-order valence-electron chi connectivity index (χ4n) is 6.60. The molecule has 0 bridgehead atoms. The van der Waals surface area contributed by atoms with E-state index < -0.39 is 0 Å². The van der Waals surface area contributed by atoms with Crippen LogP contribution >= 0.6 is 11.3 Å². The third-order valence-electron chi connectivity index (χ3n) is 9.62. The number of rotatable bonds is 9. The van der Waals surface area contributed by atoms with Crippen molar-refractivity contribution in [1.29, 1.82) is 0 Å². The van der Waals surface area contributed by atoms with Crippen molar-refractivity contribution in [3.63, 3.8) is 0 Å². The fraction of sp³-hybridized carbons (Fsp3) is 0.364. The molecule has 0 fully saturated rings. The zero-order valence-electron chi connectivity index (χ0n) is 31.4. The van der Waals surface area contributed by atoms with Crippen molar-refractivity contribution in [1.82, 2.24) is 15.0 Å². The first-order valence-corrected chi connectivity index (χ1v) is 18.7. The third kappa shape index (κ3) is 9.00. The topological polar surface area (TPSA) is 76.0 Å². The van der Waals surface area contributed by atoms with E-state index in [1.807, 2.05) is 41.5 Å². The van der Waals surface area contributed by atoms with Gasteiger partial charge in [-0.05, 0) is 74.3 Å². The van der Waals surface area contributed by atoms with Crippen LogP contribution in [0, 0.1) is 31.7 Å². The van der Waals surface area contributed by atoms with E-state index in [1.165, 1.54) is 32.7 Å². The standard InChI is InChI=1S/C31H26N3S.C13H24O2.Ir/c1-18-12-21(13-19(2)34-18)26-15-22(14-20-8-6-7-9-24(20)26)28-30-29(33-17-32-28)25-11-10-23(31(3,4)5)16-27(25)35-30;1-5-10(6-2)12(14)9-13(15)11(7-3)8-4;/h6-13,15-17H,1-5H3;9-11,14H,5-8H2,1-4H3;/q-1;;/b;12-9-;. The maximum Gasteiger partial charge on any atom is 0.162 e. The molecule has 0 amide bonds. The minimum absolute atomic E-state index is 0. The Morgan fingerprint density at radius 1 is 0.863 bits per heavy atom. The number of ketones is 1. The Bertz CT molecular complexity index is 2150. The van der Waals surface area contributed by atoms with Crippen molar-refractivity contribution >= 4 is 48.2 Å². The number of aliphatic hydroxyl groups is 1. The van der Waals surface area contributed by atoms with Crippen molar-refractivity contribution in [2.75, 3.05) is 0 Å². The van der Waals surface area contributed by atoms with Crippen LogP contribution in [0.5, 0.6) is 0 Å². The van der Waals surface area contributed by atoms with Gasteiger partial charge in [0.15, 0.2) is 5.78 Å². The molecule has 1 radical (unpaired) electrons. The predicted molar refractivity (Wildman–Crippen MR) is 212 cm³/mol. The molecule has 7 heteroatoms. The van der Waals surface area contributed by atoms with Gasteiger partial charge in [0.2, 0.25) is 0 Å². The summed E-state index contributed by atoms with van der Waals surface area (Å²) in [6, 6.07) is 25.4. The van der Waals surface area contributed by atoms with Crippen LogP contribution in [0.1, 0.15) is 91.1 Å². The van der Waals surface area contributed by atoms with Crippen LogP contribution in [-0.4, -0.2) is 25.8 Å². The Balaban J connectivity index is 0.000000312. The van der Waals surface area contributed by atoms with Crippen molar-refractivity contribution < 1.29 is 30.0 Å². The molecule has 6 rings (SSSR count). The molecular formula is C44H50IrN3O2S-. The molecule has 51 heavy (non-hydrogen) atoms. The van der Waals surface area contributed by atoms with E-state index in [4.69, 9.17) is 9.97 Å². The van der Waals surface area contributed by atoms with Gasteiger partial charge in [-0.25, -0.2) is 4.98 Å². The van der Waals surface area contributed by atoms with E-state index in [9.17, 15) is 9.90 Å². The summed E-state index contributed by atoms with van der Waals surface area (Å²) in [6.07, 6.45) is 6.59. The van der Waals surface area contributed by atoms with Crippen LogP contribution in [0.2, 0.25) is 0 Å². The number of hydrogen-bond acceptors (Lipinski definition) is 6. The van der Waals surface area contributed by atoms with E-state index in [0.29, 0.717) is 0 Å². The molecule has 5 nitrogen and oxygen atoms in total. The number of thiophene rings is 1. The van der Waals surface area contributed by atoms with Crippen molar-refractivity contribution in [2.24, 2.45) is 11.8 Å². The monoisotopic (exact) mass is 877 g/mol. The SMILES string of the molecule is CCC(CC)C(=O)/C=C(\O)C(CC)CC.Cc1cc(-c2cc(-c3ncnc4c3sc3cc(C(C)(C)C)ccc34)[c-]c3ccccc23)cc(C)n1.[Ir]. The van der Waals surface area contributed by atoms with Crippen LogP contribution in [0.4, 0.5) is 0 Å². The van der Waals surface area contributed by atoms with Gasteiger partial charge in [0.1, 0.15) is 6.33 Å². The molecule has 0 saturated heterocycles. The number of carbonyl (C=O) groups is 1. The third-order valence-corrected chi connectivity index (χ3v) is 10.8. The number of fused-ring (bicyclic) bond motifs is 4. The van der Waals surface area contributed by atoms with Crippen LogP contribution in [0.25, 0.3) is 53.5 Å². The first-order chi connectivity index (χ1) is 23.9. The summed E-state index contributed by atoms with van der Waals surface area (Å²) >= 11 is 1.77. The van der Waals surface area contributed by atoms with Gasteiger partial charge >= 0.3 is 0 Å². The first kappa shape index (κ1) is 40.0. The number of benzene rings is 3. The Kier molecular flexibility index (Phi) is 13.5. The Hall–Kier alpha value is -3.77. The van der Waals surface area contributed by atoms with E-state index in [-0.39, 0.29) is 48.9 Å². The quantitative estimate of drug-likeness (QED) is 0.0889. The number of allylic oxidation sites excluding steroid dienone is 2. The second-order valence-electron chi connectivity index (χ2n) is 14.2. The summed E-state index contributed by atoms with van der Waals surface area (Å²) in [5.41, 5.74) is 8.72. The zero-order valence-corrected chi connectivity index (χ0v) is 34.6. The average molecular weight is 877 g/mol. The number of aromatic nitrogens is 3. The summed E-state index contributed by atoms with van der Waals surface area (Å²) in [6.45, 7) is 18.9. The summed E-state index contributed by atoms with van der Waals surface area (Å²) in [5, 5.41) is 13.2. The Morgan fingerprint density at radius 3 is 2.14 bits per heavy atom. The van der Waals surface area contributed by atoms with Gasteiger partial charge in [-0.15, -0.1) is 34.9 Å². The van der Waals surface area contributed by atoms with Gasteiger partial charge in [0.25, 0.3) is 0 Å². The van der Waals surface area contributed by atoms with Gasteiger partial charge < -0.3 is 5.11 Å². The van der Waals surface area contributed by atoms with Gasteiger partial charge in [-0.2, -0.15) is 0 Å². The summed E-state index contributed by atoms with van der Waals surface area (Å²) in [4.78, 5) is 25.8. The number of pyridine rings is 1. The van der Waals surface area contributed by atoms with Crippen LogP contribution < -0.4 is 0 Å². The largest absolute Gasteiger partial charge is 0.512 e. The fourth-order valence-corrected chi connectivity index (χ4v) is 7.80. The van der Waals surface area contributed by atoms with Gasteiger partial charge in [-0.3, -0.25) is 14.8 Å². The van der Waals surface area contributed by atoms with E-state index in [2.05, 4.69) is 92.5 Å². The molecule has 0 atom stereocenters. The molecule has 0 saturated carbocycles. The molecule has 3 heterocycles. The zero-order chi connectivity index (χ0) is 36.2. The maximum atomic E-state index is 11.7. The number of aryl methyl sites for hydroxylation is 2. The molecule has 1 N–H and O–H groups in total. The first-order valence-electron chi connectivity index (χ1n) is 17.9. The van der Waals surface area contributed by atoms with Crippen LogP contribution in [0.3, 0.4) is 0 Å². The predicted octanol–water partition coefficient (Wildman–Crippen LogP) is 12.3. The molecule has 6 aromatic rings. The van der Waals surface area contributed by atoms with Crippen LogP contribution in [-0.2, 0) is 30.3 Å². The van der Waals surface area contributed by atoms with Gasteiger partial charge in [-0.1, -0.05) is 95.3 Å². The summed E-state index contributed by atoms with van der Waals surface area (Å²) in [7, 11) is 0. The molecule has 0 aliphatic heterocycles. The average Bonchev–Trinajstić information content (AvgIpc) is 3.46. The smallest absolute Gasteiger partial charge is 0.162 e. The molecule has 0 spiro atoms. The second kappa shape index (κ2) is 17.2.